The number of thioether (sulfide) groups is 1. The summed E-state index contributed by atoms with van der Waals surface area (Å²) in [6, 6.07) is 20.4. The minimum atomic E-state index is -3.96. The molecule has 0 unspecified atom stereocenters. The number of guanidine groups is 1. The number of urea groups is 1. The topological polar surface area (TPSA) is 199 Å². The molecule has 11 nitrogen and oxygen atoms in total. The predicted octanol–water partition coefficient (Wildman–Crippen LogP) is 5.10. The van der Waals surface area contributed by atoms with Gasteiger partial charge in [0.15, 0.2) is 5.96 Å². The fourth-order valence-electron chi connectivity index (χ4n) is 4.37. The number of carbonyl (C=O) groups is 1. The minimum Gasteiger partial charge on any atom is -0.383 e. The highest BCUT2D eigenvalue weighted by Crippen LogP contribution is 2.39. The van der Waals surface area contributed by atoms with Crippen molar-refractivity contribution in [2.75, 3.05) is 35.3 Å². The number of rotatable bonds is 11. The number of para-hydroxylation sites is 1. The van der Waals surface area contributed by atoms with Gasteiger partial charge in [0, 0.05) is 30.0 Å². The van der Waals surface area contributed by atoms with E-state index < -0.39 is 15.9 Å². The number of nitrogen functional groups attached to an aromatic ring is 1. The Kier molecular flexibility index (Phi) is 9.95. The van der Waals surface area contributed by atoms with Crippen LogP contribution in [0.4, 0.5) is 21.9 Å². The van der Waals surface area contributed by atoms with Crippen LogP contribution in [-0.2, 0) is 9.84 Å². The summed E-state index contributed by atoms with van der Waals surface area (Å²) >= 11 is 2.43. The number of anilines is 3. The van der Waals surface area contributed by atoms with E-state index in [4.69, 9.17) is 22.3 Å². The van der Waals surface area contributed by atoms with Gasteiger partial charge in [-0.05, 0) is 66.8 Å². The smallest absolute Gasteiger partial charge is 0.319 e. The second-order valence-electron chi connectivity index (χ2n) is 9.34. The number of sulfone groups is 1. The summed E-state index contributed by atoms with van der Waals surface area (Å²) in [7, 11) is -3.96. The molecule has 1 heterocycles. The van der Waals surface area contributed by atoms with Gasteiger partial charge in [-0.3, -0.25) is 10.8 Å². The van der Waals surface area contributed by atoms with Gasteiger partial charge in [0.1, 0.15) is 5.84 Å². The molecule has 0 aliphatic heterocycles. The molecule has 0 atom stereocenters. The minimum absolute atomic E-state index is 0.0564. The SMILES string of the molecule is CSc1sc(C(=N)N)cc1S(=O)(=O)c1cccc(-c2c(C)cc(NC(=N)N)cc2NC(=O)NCCNc2ccccc2)c1. The normalized spacial score (nSPS) is 11.0. The van der Waals surface area contributed by atoms with E-state index >= 15 is 0 Å². The highest BCUT2D eigenvalue weighted by molar-refractivity contribution is 8.01. The summed E-state index contributed by atoms with van der Waals surface area (Å²) in [4.78, 5) is 13.5. The largest absolute Gasteiger partial charge is 0.383 e. The van der Waals surface area contributed by atoms with Crippen molar-refractivity contribution in [1.29, 1.82) is 10.8 Å². The molecule has 3 aromatic carbocycles. The molecular weight excluding hydrogens is 605 g/mol. The predicted molar refractivity (Wildman–Crippen MR) is 177 cm³/mol. The summed E-state index contributed by atoms with van der Waals surface area (Å²) in [6.45, 7) is 2.66. The van der Waals surface area contributed by atoms with Crippen LogP contribution in [0.1, 0.15) is 10.4 Å². The molecule has 0 saturated heterocycles. The Hall–Kier alpha value is -4.53. The third-order valence-electron chi connectivity index (χ3n) is 6.22. The van der Waals surface area contributed by atoms with E-state index in [-0.39, 0.29) is 21.6 Å². The lowest BCUT2D eigenvalue weighted by Gasteiger charge is -2.18. The number of nitrogens with one attached hydrogen (secondary N) is 6. The van der Waals surface area contributed by atoms with E-state index in [0.29, 0.717) is 50.2 Å². The Bertz CT molecular complexity index is 1770. The van der Waals surface area contributed by atoms with Crippen LogP contribution in [0.15, 0.2) is 86.8 Å². The van der Waals surface area contributed by atoms with E-state index in [0.717, 1.165) is 17.0 Å². The molecule has 0 saturated carbocycles. The summed E-state index contributed by atoms with van der Waals surface area (Å²) in [5, 5.41) is 27.0. The second-order valence-corrected chi connectivity index (χ2v) is 13.4. The molecule has 2 amide bonds. The fraction of sp³-hybridized carbons (Fsp3) is 0.138. The molecule has 4 aromatic rings. The van der Waals surface area contributed by atoms with Gasteiger partial charge in [0.25, 0.3) is 0 Å². The molecule has 14 heteroatoms. The summed E-state index contributed by atoms with van der Waals surface area (Å²) < 4.78 is 28.0. The van der Waals surface area contributed by atoms with E-state index in [1.54, 1.807) is 36.6 Å². The van der Waals surface area contributed by atoms with Crippen LogP contribution in [0.25, 0.3) is 11.1 Å². The number of benzene rings is 3. The summed E-state index contributed by atoms with van der Waals surface area (Å²) in [5.74, 6) is -0.469. The van der Waals surface area contributed by atoms with Crippen molar-refractivity contribution in [1.82, 2.24) is 5.32 Å². The molecule has 1 aromatic heterocycles. The van der Waals surface area contributed by atoms with Crippen molar-refractivity contribution in [2.24, 2.45) is 11.5 Å². The third-order valence-corrected chi connectivity index (χ3v) is 10.6. The molecule has 0 aliphatic carbocycles. The maximum absolute atomic E-state index is 13.8. The maximum atomic E-state index is 13.8. The number of hydrogen-bond acceptors (Lipinski definition) is 8. The van der Waals surface area contributed by atoms with Crippen LogP contribution in [0.5, 0.6) is 0 Å². The van der Waals surface area contributed by atoms with Crippen molar-refractivity contribution < 1.29 is 13.2 Å². The van der Waals surface area contributed by atoms with Gasteiger partial charge in [-0.15, -0.1) is 23.1 Å². The van der Waals surface area contributed by atoms with Crippen molar-refractivity contribution in [3.8, 4) is 11.1 Å². The van der Waals surface area contributed by atoms with Crippen molar-refractivity contribution in [3.63, 3.8) is 0 Å². The van der Waals surface area contributed by atoms with Crippen LogP contribution < -0.4 is 32.7 Å². The van der Waals surface area contributed by atoms with Crippen molar-refractivity contribution in [2.45, 2.75) is 20.9 Å². The van der Waals surface area contributed by atoms with Crippen LogP contribution >= 0.6 is 23.1 Å². The summed E-state index contributed by atoms with van der Waals surface area (Å²) in [6.07, 6.45) is 1.77. The van der Waals surface area contributed by atoms with E-state index in [2.05, 4.69) is 21.3 Å². The lowest BCUT2D eigenvalue weighted by atomic mass is 9.97. The van der Waals surface area contributed by atoms with Crippen LogP contribution in [0.2, 0.25) is 0 Å². The zero-order chi connectivity index (χ0) is 31.1. The number of nitrogens with two attached hydrogens (primary N) is 2. The van der Waals surface area contributed by atoms with Gasteiger partial charge in [-0.2, -0.15) is 0 Å². The first-order valence-electron chi connectivity index (χ1n) is 13.0. The molecule has 0 fully saturated rings. The van der Waals surface area contributed by atoms with Gasteiger partial charge in [0.05, 0.1) is 24.6 Å². The number of amidine groups is 1. The number of aryl methyl sites for hydroxylation is 1. The third kappa shape index (κ3) is 7.66. The molecule has 43 heavy (non-hydrogen) atoms. The summed E-state index contributed by atoms with van der Waals surface area (Å²) in [5.41, 5.74) is 14.9. The Labute approximate surface area is 258 Å². The van der Waals surface area contributed by atoms with Gasteiger partial charge in [0.2, 0.25) is 9.84 Å². The maximum Gasteiger partial charge on any atom is 0.319 e. The van der Waals surface area contributed by atoms with Crippen LogP contribution in [-0.4, -0.2) is 45.6 Å². The molecule has 0 bridgehead atoms. The van der Waals surface area contributed by atoms with Crippen LogP contribution in [0, 0.1) is 17.7 Å². The first-order chi connectivity index (χ1) is 20.5. The Morgan fingerprint density at radius 1 is 0.930 bits per heavy atom. The standard InChI is InChI=1S/C29H32N8O3S3/c1-17-13-20(36-28(32)33)15-22(37-29(38)35-12-11-34-19-8-4-3-5-9-19)25(17)18-7-6-10-21(14-18)43(39,40)24-16-23(26(30)31)42-27(24)41-2/h3-10,13-16,34H,11-12H2,1-2H3,(H3,30,31)(H4,32,33,36)(H2,35,37,38). The Morgan fingerprint density at radius 3 is 2.35 bits per heavy atom. The first-order valence-corrected chi connectivity index (χ1v) is 16.5. The van der Waals surface area contributed by atoms with Crippen molar-refractivity contribution in [3.05, 3.63) is 83.2 Å². The van der Waals surface area contributed by atoms with Crippen molar-refractivity contribution >= 4 is 67.8 Å². The number of thiophene rings is 1. The molecule has 0 spiro atoms. The van der Waals surface area contributed by atoms with Gasteiger partial charge in [-0.1, -0.05) is 30.3 Å². The quantitative estimate of drug-likeness (QED) is 0.0481. The zero-order valence-electron chi connectivity index (χ0n) is 23.4. The van der Waals surface area contributed by atoms with Crippen LogP contribution in [0.3, 0.4) is 0 Å². The molecule has 0 radical (unpaired) electrons. The molecule has 0 aliphatic rings. The highest BCUT2D eigenvalue weighted by Gasteiger charge is 2.26. The number of amides is 2. The van der Waals surface area contributed by atoms with E-state index in [9.17, 15) is 13.2 Å². The molecule has 10 N–H and O–H groups in total. The average Bonchev–Trinajstić information content (AvgIpc) is 3.42. The number of carbonyl (C=O) groups excluding carboxylic acids is 1. The van der Waals surface area contributed by atoms with Gasteiger partial charge >= 0.3 is 6.03 Å². The average molecular weight is 637 g/mol. The van der Waals surface area contributed by atoms with E-state index in [1.807, 2.05) is 37.3 Å². The second kappa shape index (κ2) is 13.6. The molecule has 4 rings (SSSR count). The fourth-order valence-corrected chi connectivity index (χ4v) is 8.27. The van der Waals surface area contributed by atoms with Gasteiger partial charge in [-0.25, -0.2) is 13.2 Å². The molecular formula is C29H32N8O3S3. The lowest BCUT2D eigenvalue weighted by Crippen LogP contribution is -2.33. The number of hydrogen-bond donors (Lipinski definition) is 8. The van der Waals surface area contributed by atoms with E-state index in [1.165, 1.54) is 23.9 Å². The van der Waals surface area contributed by atoms with Gasteiger partial charge < -0.3 is 32.7 Å². The molecule has 224 valence electrons. The Balaban J connectivity index is 1.65. The monoisotopic (exact) mass is 636 g/mol. The first kappa shape index (κ1) is 31.4. The Morgan fingerprint density at radius 2 is 1.67 bits per heavy atom. The highest BCUT2D eigenvalue weighted by atomic mass is 32.2. The zero-order valence-corrected chi connectivity index (χ0v) is 25.9. The lowest BCUT2D eigenvalue weighted by molar-refractivity contribution is 0.252.